The number of alkyl carbamates (subject to hydrolysis) is 1. The number of anilines is 1. The number of benzene rings is 2. The van der Waals surface area contributed by atoms with Crippen molar-refractivity contribution in [3.8, 4) is 0 Å². The van der Waals surface area contributed by atoms with Gasteiger partial charge in [0.1, 0.15) is 5.58 Å². The lowest BCUT2D eigenvalue weighted by molar-refractivity contribution is -0.169. The predicted octanol–water partition coefficient (Wildman–Crippen LogP) is 6.78. The molecule has 0 bridgehead atoms. The highest BCUT2D eigenvalue weighted by atomic mass is 16.7. The monoisotopic (exact) mass is 746 g/mol. The fraction of sp³-hybridized carbons (Fsp3) is 0.475. The van der Waals surface area contributed by atoms with Gasteiger partial charge in [-0.25, -0.2) is 9.59 Å². The first-order valence-corrected chi connectivity index (χ1v) is 18.4. The average Bonchev–Trinajstić information content (AvgIpc) is 3.71. The lowest BCUT2D eigenvalue weighted by atomic mass is 10.1. The van der Waals surface area contributed by atoms with Crippen LogP contribution in [0.2, 0.25) is 0 Å². The largest absolute Gasteiger partial charge is 0.451 e. The minimum absolute atomic E-state index is 0.0469. The Morgan fingerprint density at radius 1 is 0.778 bits per heavy atom. The van der Waals surface area contributed by atoms with Crippen LogP contribution in [0.3, 0.4) is 0 Å². The Kier molecular flexibility index (Phi) is 13.0. The third kappa shape index (κ3) is 10.2. The van der Waals surface area contributed by atoms with Crippen LogP contribution in [0.1, 0.15) is 76.1 Å². The van der Waals surface area contributed by atoms with Crippen LogP contribution in [0, 0.1) is 18.8 Å². The second kappa shape index (κ2) is 17.6. The molecule has 0 radical (unpaired) electrons. The van der Waals surface area contributed by atoms with Crippen molar-refractivity contribution in [2.24, 2.45) is 11.8 Å². The smallest absolute Gasteiger partial charge is 0.421 e. The fourth-order valence-corrected chi connectivity index (χ4v) is 6.16. The molecule has 2 atom stereocenters. The zero-order valence-corrected chi connectivity index (χ0v) is 32.0. The first-order valence-electron chi connectivity index (χ1n) is 18.4. The number of aryl methyl sites for hydroxylation is 2. The van der Waals surface area contributed by atoms with E-state index in [1.807, 2.05) is 37.4 Å². The number of unbranched alkanes of at least 4 members (excludes halogenated alkanes) is 1. The summed E-state index contributed by atoms with van der Waals surface area (Å²) in [7, 11) is 0. The molecule has 2 unspecified atom stereocenters. The average molecular weight is 747 g/mol. The Labute approximate surface area is 314 Å². The summed E-state index contributed by atoms with van der Waals surface area (Å²) in [5.41, 5.74) is 4.43. The quantitative estimate of drug-likeness (QED) is 0.0870. The zero-order chi connectivity index (χ0) is 39.1. The molecule has 2 amide bonds. The maximum absolute atomic E-state index is 13.1. The Morgan fingerprint density at radius 3 is 2.11 bits per heavy atom. The molecule has 3 heterocycles. The molecule has 0 spiro atoms. The SMILES string of the molecule is Cc1ccc2c(c1)c(CCCCN1CCN(c3ccc4oc(C(=O)NC(=O)OC(C)OC(=O)C(C)C)cc4c3)CC1)cn2C(=O)OC(C)OC(=O)C(C)C. The summed E-state index contributed by atoms with van der Waals surface area (Å²) in [5.74, 6) is -2.48. The van der Waals surface area contributed by atoms with E-state index >= 15 is 0 Å². The van der Waals surface area contributed by atoms with Crippen molar-refractivity contribution in [3.05, 3.63) is 65.5 Å². The van der Waals surface area contributed by atoms with Crippen molar-refractivity contribution >= 4 is 57.6 Å². The van der Waals surface area contributed by atoms with Gasteiger partial charge in [0.2, 0.25) is 12.6 Å². The minimum atomic E-state index is -1.16. The minimum Gasteiger partial charge on any atom is -0.451 e. The van der Waals surface area contributed by atoms with Gasteiger partial charge < -0.3 is 28.3 Å². The number of rotatable bonds is 13. The van der Waals surface area contributed by atoms with E-state index in [4.69, 9.17) is 23.4 Å². The highest BCUT2D eigenvalue weighted by molar-refractivity contribution is 6.03. The molecular formula is C40H50N4O10. The molecule has 14 heteroatoms. The molecule has 2 aromatic carbocycles. The number of piperazine rings is 1. The summed E-state index contributed by atoms with van der Waals surface area (Å²) >= 11 is 0. The summed E-state index contributed by atoms with van der Waals surface area (Å²) in [5, 5.41) is 3.83. The summed E-state index contributed by atoms with van der Waals surface area (Å²) in [6, 6.07) is 13.3. The van der Waals surface area contributed by atoms with Crippen LogP contribution in [-0.4, -0.2) is 84.8 Å². The molecule has 14 nitrogen and oxygen atoms in total. The number of esters is 2. The lowest BCUT2D eigenvalue weighted by Crippen LogP contribution is -2.46. The number of nitrogens with zero attached hydrogens (tertiary/aromatic N) is 3. The third-order valence-electron chi connectivity index (χ3n) is 9.13. The summed E-state index contributed by atoms with van der Waals surface area (Å²) in [6.45, 7) is 16.1. The normalized spacial score (nSPS) is 14.6. The van der Waals surface area contributed by atoms with Gasteiger partial charge in [-0.15, -0.1) is 0 Å². The first-order chi connectivity index (χ1) is 25.7. The maximum Gasteiger partial charge on any atom is 0.421 e. The van der Waals surface area contributed by atoms with Crippen LogP contribution in [0.15, 0.2) is 53.1 Å². The van der Waals surface area contributed by atoms with Gasteiger partial charge in [0, 0.05) is 62.7 Å². The molecule has 1 saturated heterocycles. The molecule has 5 rings (SSSR count). The maximum atomic E-state index is 13.1. The molecule has 1 fully saturated rings. The van der Waals surface area contributed by atoms with E-state index in [2.05, 4.69) is 21.2 Å². The highest BCUT2D eigenvalue weighted by Crippen LogP contribution is 2.27. The van der Waals surface area contributed by atoms with Crippen LogP contribution >= 0.6 is 0 Å². The Balaban J connectivity index is 1.09. The summed E-state index contributed by atoms with van der Waals surface area (Å²) in [6.07, 6.45) is 0.767. The molecule has 290 valence electrons. The number of imide groups is 1. The van der Waals surface area contributed by atoms with Gasteiger partial charge in [0.25, 0.3) is 5.91 Å². The fourth-order valence-electron chi connectivity index (χ4n) is 6.16. The lowest BCUT2D eigenvalue weighted by Gasteiger charge is -2.36. The van der Waals surface area contributed by atoms with E-state index in [9.17, 15) is 24.0 Å². The number of hydrogen-bond acceptors (Lipinski definition) is 12. The first kappa shape index (κ1) is 39.8. The second-order valence-electron chi connectivity index (χ2n) is 14.2. The number of aromatic nitrogens is 1. The van der Waals surface area contributed by atoms with E-state index in [0.717, 1.165) is 85.1 Å². The van der Waals surface area contributed by atoms with Crippen molar-refractivity contribution in [3.63, 3.8) is 0 Å². The van der Waals surface area contributed by atoms with Gasteiger partial charge in [-0.05, 0) is 74.7 Å². The van der Waals surface area contributed by atoms with Gasteiger partial charge >= 0.3 is 24.1 Å². The van der Waals surface area contributed by atoms with E-state index in [-0.39, 0.29) is 17.6 Å². The molecule has 0 aliphatic carbocycles. The van der Waals surface area contributed by atoms with Crippen molar-refractivity contribution in [2.45, 2.75) is 80.3 Å². The van der Waals surface area contributed by atoms with Crippen LogP contribution in [0.25, 0.3) is 21.9 Å². The van der Waals surface area contributed by atoms with Crippen LogP contribution in [-0.2, 0) is 35.0 Å². The van der Waals surface area contributed by atoms with Gasteiger partial charge in [-0.1, -0.05) is 39.3 Å². The van der Waals surface area contributed by atoms with Gasteiger partial charge in [0.05, 0.1) is 17.4 Å². The van der Waals surface area contributed by atoms with Crippen LogP contribution < -0.4 is 10.2 Å². The Morgan fingerprint density at radius 2 is 1.44 bits per heavy atom. The van der Waals surface area contributed by atoms with Crippen molar-refractivity contribution in [2.75, 3.05) is 37.6 Å². The van der Waals surface area contributed by atoms with E-state index in [1.165, 1.54) is 18.4 Å². The predicted molar refractivity (Wildman–Crippen MR) is 201 cm³/mol. The van der Waals surface area contributed by atoms with Gasteiger partial charge in [-0.3, -0.25) is 29.2 Å². The number of amides is 2. The number of nitrogens with one attached hydrogen (secondary N) is 1. The number of carbonyl (C=O) groups is 5. The topological polar surface area (TPSA) is 159 Å². The van der Waals surface area contributed by atoms with E-state index < -0.39 is 42.6 Å². The molecular weight excluding hydrogens is 696 g/mol. The summed E-state index contributed by atoms with van der Waals surface area (Å²) < 4.78 is 27.8. The van der Waals surface area contributed by atoms with Gasteiger partial charge in [0.15, 0.2) is 5.76 Å². The van der Waals surface area contributed by atoms with E-state index in [1.54, 1.807) is 39.8 Å². The molecule has 2 aromatic heterocycles. The molecule has 1 aliphatic heterocycles. The highest BCUT2D eigenvalue weighted by Gasteiger charge is 2.23. The van der Waals surface area contributed by atoms with Crippen LogP contribution in [0.5, 0.6) is 0 Å². The van der Waals surface area contributed by atoms with Crippen LogP contribution in [0.4, 0.5) is 15.3 Å². The zero-order valence-electron chi connectivity index (χ0n) is 32.0. The second-order valence-corrected chi connectivity index (χ2v) is 14.2. The molecule has 4 aromatic rings. The summed E-state index contributed by atoms with van der Waals surface area (Å²) in [4.78, 5) is 66.3. The standard InChI is InChI=1S/C40H50N4O10/c1-24(2)37(46)50-27(6)52-39(48)41-36(45)35-22-30-21-31(12-14-34(30)54-35)43-18-16-42(17-19-43)15-9-8-10-29-23-44(33-13-11-26(5)20-32(29)33)40(49)53-28(7)51-38(47)25(3)4/h11-14,20-25,27-28H,8-10,15-19H2,1-7H3,(H,41,45,48). The number of ether oxygens (including phenoxy) is 4. The third-order valence-corrected chi connectivity index (χ3v) is 9.13. The Bertz CT molecular complexity index is 1990. The van der Waals surface area contributed by atoms with Crippen molar-refractivity contribution in [1.29, 1.82) is 0 Å². The van der Waals surface area contributed by atoms with Gasteiger partial charge in [-0.2, -0.15) is 0 Å². The molecule has 0 saturated carbocycles. The Hall–Kier alpha value is -5.37. The van der Waals surface area contributed by atoms with Crippen molar-refractivity contribution in [1.82, 2.24) is 14.8 Å². The van der Waals surface area contributed by atoms with E-state index in [0.29, 0.717) is 5.58 Å². The number of hydrogen-bond donors (Lipinski definition) is 1. The molecule has 54 heavy (non-hydrogen) atoms. The number of fused-ring (bicyclic) bond motifs is 2. The number of furan rings is 1. The molecule has 1 N–H and O–H groups in total. The van der Waals surface area contributed by atoms with Crippen molar-refractivity contribution < 1.29 is 47.3 Å². The molecule has 1 aliphatic rings. The number of carbonyl (C=O) groups excluding carboxylic acids is 5.